The molecule has 1 aliphatic rings. The van der Waals surface area contributed by atoms with Crippen LogP contribution in [0.15, 0.2) is 48.5 Å². The topological polar surface area (TPSA) is 56.6 Å². The molecule has 1 aliphatic heterocycles. The van der Waals surface area contributed by atoms with Crippen LogP contribution in [-0.4, -0.2) is 48.9 Å². The van der Waals surface area contributed by atoms with Crippen molar-refractivity contribution in [2.45, 2.75) is 32.6 Å². The number of benzene rings is 2. The quantitative estimate of drug-likeness (QED) is 0.592. The highest BCUT2D eigenvalue weighted by molar-refractivity contribution is 5.82. The van der Waals surface area contributed by atoms with Crippen LogP contribution in [0, 0.1) is 5.82 Å². The van der Waals surface area contributed by atoms with Gasteiger partial charge in [-0.1, -0.05) is 24.3 Å². The smallest absolute Gasteiger partial charge is 0.206 e. The summed E-state index contributed by atoms with van der Waals surface area (Å²) in [6.45, 7) is 3.86. The molecule has 2 heterocycles. The van der Waals surface area contributed by atoms with Crippen LogP contribution in [0.5, 0.6) is 0 Å². The predicted octanol–water partition coefficient (Wildman–Crippen LogP) is 4.02. The molecule has 7 heteroatoms. The van der Waals surface area contributed by atoms with Gasteiger partial charge >= 0.3 is 0 Å². The number of hydrogen-bond donors (Lipinski definition) is 0. The van der Waals surface area contributed by atoms with Crippen LogP contribution < -0.4 is 4.90 Å². The molecule has 1 saturated heterocycles. The number of hydrogen-bond acceptors (Lipinski definition) is 5. The molecule has 0 saturated carbocycles. The number of ether oxygens (including phenoxy) is 2. The maximum absolute atomic E-state index is 13.2. The molecule has 0 amide bonds. The van der Waals surface area contributed by atoms with Gasteiger partial charge in [0.15, 0.2) is 6.29 Å². The number of carbonyl (C=O) groups is 1. The molecule has 1 aromatic heterocycles. The van der Waals surface area contributed by atoms with Crippen molar-refractivity contribution in [1.29, 1.82) is 0 Å². The van der Waals surface area contributed by atoms with Crippen molar-refractivity contribution in [2.24, 2.45) is 0 Å². The van der Waals surface area contributed by atoms with Crippen LogP contribution in [0.3, 0.4) is 0 Å². The molecule has 0 aliphatic carbocycles. The van der Waals surface area contributed by atoms with E-state index in [1.54, 1.807) is 26.4 Å². The summed E-state index contributed by atoms with van der Waals surface area (Å²) in [6, 6.07) is 14.6. The lowest BCUT2D eigenvalue weighted by Crippen LogP contribution is -2.35. The van der Waals surface area contributed by atoms with E-state index in [9.17, 15) is 9.18 Å². The number of anilines is 1. The molecule has 0 atom stereocenters. The van der Waals surface area contributed by atoms with Crippen molar-refractivity contribution < 1.29 is 18.7 Å². The number of imidazole rings is 1. The Bertz CT molecular complexity index is 957. The first kappa shape index (κ1) is 21.9. The summed E-state index contributed by atoms with van der Waals surface area (Å²) in [5, 5.41) is 0. The second-order valence-electron chi connectivity index (χ2n) is 7.18. The van der Waals surface area contributed by atoms with E-state index in [2.05, 4.69) is 18.9 Å². The van der Waals surface area contributed by atoms with Crippen molar-refractivity contribution in [3.63, 3.8) is 0 Å². The molecule has 3 aromatic rings. The van der Waals surface area contributed by atoms with Gasteiger partial charge in [0.1, 0.15) is 11.6 Å². The van der Waals surface area contributed by atoms with E-state index in [0.29, 0.717) is 38.3 Å². The summed E-state index contributed by atoms with van der Waals surface area (Å²) in [4.78, 5) is 18.5. The number of Topliss-reactive ketones (excluding diaryl/α,β-unsaturated/α-hetero) is 1. The largest absolute Gasteiger partial charge is 0.356 e. The fourth-order valence-corrected chi connectivity index (χ4v) is 3.28. The van der Waals surface area contributed by atoms with Crippen molar-refractivity contribution in [3.8, 4) is 0 Å². The summed E-state index contributed by atoms with van der Waals surface area (Å²) >= 11 is 0. The predicted molar refractivity (Wildman–Crippen MR) is 115 cm³/mol. The SMILES string of the molecule is COC(C)OC.O=C1CCN(c2nc3ccccc3n2Cc2ccc(F)cc2)CC1. The molecule has 0 unspecified atom stereocenters. The van der Waals surface area contributed by atoms with E-state index >= 15 is 0 Å². The number of methoxy groups -OCH3 is 2. The second-order valence-corrected chi connectivity index (χ2v) is 7.18. The molecule has 0 radical (unpaired) electrons. The zero-order chi connectivity index (χ0) is 21.5. The molecule has 2 aromatic carbocycles. The number of piperidine rings is 1. The first-order valence-electron chi connectivity index (χ1n) is 10.0. The lowest BCUT2D eigenvalue weighted by Gasteiger charge is -2.27. The van der Waals surface area contributed by atoms with Crippen molar-refractivity contribution in [3.05, 3.63) is 59.9 Å². The van der Waals surface area contributed by atoms with E-state index in [-0.39, 0.29) is 12.1 Å². The number of aromatic nitrogens is 2. The highest BCUT2D eigenvalue weighted by Crippen LogP contribution is 2.25. The van der Waals surface area contributed by atoms with Crippen LogP contribution in [0.4, 0.5) is 10.3 Å². The van der Waals surface area contributed by atoms with E-state index in [1.807, 2.05) is 31.2 Å². The number of carbonyl (C=O) groups excluding carboxylic acids is 1. The van der Waals surface area contributed by atoms with Gasteiger partial charge in [0, 0.05) is 40.2 Å². The van der Waals surface area contributed by atoms with Crippen molar-refractivity contribution >= 4 is 22.8 Å². The van der Waals surface area contributed by atoms with Crippen LogP contribution in [0.2, 0.25) is 0 Å². The molecule has 160 valence electrons. The molecular weight excluding hydrogens is 385 g/mol. The first-order valence-corrected chi connectivity index (χ1v) is 10.0. The monoisotopic (exact) mass is 413 g/mol. The number of nitrogens with zero attached hydrogens (tertiary/aromatic N) is 3. The molecule has 0 N–H and O–H groups in total. The lowest BCUT2D eigenvalue weighted by molar-refractivity contribution is -0.119. The van der Waals surface area contributed by atoms with E-state index in [0.717, 1.165) is 22.5 Å². The maximum atomic E-state index is 13.2. The van der Waals surface area contributed by atoms with Gasteiger partial charge in [-0.25, -0.2) is 9.37 Å². The molecule has 1 fully saturated rings. The van der Waals surface area contributed by atoms with E-state index < -0.39 is 0 Å². The minimum absolute atomic E-state index is 0.0648. The molecule has 30 heavy (non-hydrogen) atoms. The zero-order valence-electron chi connectivity index (χ0n) is 17.7. The Kier molecular flexibility index (Phi) is 7.54. The normalized spacial score (nSPS) is 14.2. The third kappa shape index (κ3) is 5.43. The van der Waals surface area contributed by atoms with Crippen LogP contribution in [-0.2, 0) is 20.8 Å². The highest BCUT2D eigenvalue weighted by Gasteiger charge is 2.22. The third-order valence-corrected chi connectivity index (χ3v) is 5.16. The lowest BCUT2D eigenvalue weighted by atomic mass is 10.1. The maximum Gasteiger partial charge on any atom is 0.206 e. The van der Waals surface area contributed by atoms with Gasteiger partial charge in [-0.05, 0) is 36.8 Å². The summed E-state index contributed by atoms with van der Waals surface area (Å²) in [7, 11) is 3.21. The fraction of sp³-hybridized carbons (Fsp3) is 0.391. The van der Waals surface area contributed by atoms with Crippen LogP contribution in [0.1, 0.15) is 25.3 Å². The number of halogens is 1. The van der Waals surface area contributed by atoms with Gasteiger partial charge in [-0.2, -0.15) is 0 Å². The highest BCUT2D eigenvalue weighted by atomic mass is 19.1. The summed E-state index contributed by atoms with van der Waals surface area (Å²) in [5.74, 6) is 0.962. The van der Waals surface area contributed by atoms with Crippen molar-refractivity contribution in [1.82, 2.24) is 9.55 Å². The molecular formula is C23H28FN3O3. The van der Waals surface area contributed by atoms with Crippen LogP contribution >= 0.6 is 0 Å². The van der Waals surface area contributed by atoms with Gasteiger partial charge in [-0.15, -0.1) is 0 Å². The Labute approximate surface area is 176 Å². The van der Waals surface area contributed by atoms with E-state index in [1.165, 1.54) is 12.1 Å². The van der Waals surface area contributed by atoms with E-state index in [4.69, 9.17) is 4.98 Å². The van der Waals surface area contributed by atoms with Gasteiger partial charge in [0.2, 0.25) is 5.95 Å². The Morgan fingerprint density at radius 1 is 1.03 bits per heavy atom. The fourth-order valence-electron chi connectivity index (χ4n) is 3.28. The number of rotatable bonds is 5. The summed E-state index contributed by atoms with van der Waals surface area (Å²) < 4.78 is 24.7. The van der Waals surface area contributed by atoms with Crippen LogP contribution in [0.25, 0.3) is 11.0 Å². The zero-order valence-corrected chi connectivity index (χ0v) is 17.7. The minimum atomic E-state index is -0.232. The second kappa shape index (κ2) is 10.3. The Balaban J connectivity index is 0.000000377. The average molecular weight is 413 g/mol. The molecule has 0 bridgehead atoms. The first-order chi connectivity index (χ1) is 14.5. The summed E-state index contributed by atoms with van der Waals surface area (Å²) in [5.41, 5.74) is 3.01. The summed E-state index contributed by atoms with van der Waals surface area (Å²) in [6.07, 6.45) is 1.07. The number of para-hydroxylation sites is 2. The van der Waals surface area contributed by atoms with Gasteiger partial charge in [-0.3, -0.25) is 4.79 Å². The average Bonchev–Trinajstić information content (AvgIpc) is 3.14. The molecule has 4 rings (SSSR count). The van der Waals surface area contributed by atoms with Gasteiger partial charge in [0.05, 0.1) is 17.6 Å². The standard InChI is InChI=1S/C19H18FN3O.C4H10O2/c20-15-7-5-14(6-8-15)13-23-18-4-2-1-3-17(18)21-19(23)22-11-9-16(24)10-12-22;1-4(5-2)6-3/h1-8H,9-13H2;4H,1-3H3. The third-order valence-electron chi connectivity index (χ3n) is 5.16. The van der Waals surface area contributed by atoms with Gasteiger partial charge < -0.3 is 18.9 Å². The van der Waals surface area contributed by atoms with Gasteiger partial charge in [0.25, 0.3) is 0 Å². The molecule has 0 spiro atoms. The number of fused-ring (bicyclic) bond motifs is 1. The Morgan fingerprint density at radius 3 is 2.27 bits per heavy atom. The minimum Gasteiger partial charge on any atom is -0.356 e. The Hall–Kier alpha value is -2.77. The number of ketones is 1. The Morgan fingerprint density at radius 2 is 1.67 bits per heavy atom. The molecule has 6 nitrogen and oxygen atoms in total. The van der Waals surface area contributed by atoms with Crippen molar-refractivity contribution in [2.75, 3.05) is 32.2 Å².